The van der Waals surface area contributed by atoms with E-state index in [0.717, 1.165) is 5.69 Å². The molecule has 0 saturated carbocycles. The highest BCUT2D eigenvalue weighted by molar-refractivity contribution is 5.75. The zero-order valence-corrected chi connectivity index (χ0v) is 16.6. The molecule has 0 atom stereocenters. The highest BCUT2D eigenvalue weighted by Gasteiger charge is 2.95. The molecule has 3 N–H and O–H groups in total. The van der Waals surface area contributed by atoms with Crippen LogP contribution in [0.1, 0.15) is 5.69 Å². The van der Waals surface area contributed by atoms with Crippen LogP contribution in [0.25, 0.3) is 0 Å². The Kier molecular flexibility index (Phi) is 8.56. The molecule has 36 heavy (non-hydrogen) atoms. The number of nitrogens with two attached hydrogens (primary N) is 1. The number of H-pyrrole nitrogens is 1. The number of rotatable bonds is 7. The molecule has 0 aliphatic heterocycles. The zero-order valence-electron chi connectivity index (χ0n) is 16.6. The first-order valence-electron chi connectivity index (χ1n) is 8.15. The minimum atomic E-state index is -8.79. The third-order valence-corrected chi connectivity index (χ3v) is 3.94. The first kappa shape index (κ1) is 33.2. The van der Waals surface area contributed by atoms with E-state index in [2.05, 4.69) is 4.98 Å². The van der Waals surface area contributed by atoms with Crippen LogP contribution in [0.4, 0.5) is 80.5 Å². The number of hydrogen-bond donors (Lipinski definition) is 1. The second-order valence-electron chi connectivity index (χ2n) is 6.60. The third kappa shape index (κ3) is 4.91. The van der Waals surface area contributed by atoms with Crippen LogP contribution >= 0.6 is 0 Å². The Bertz CT molecular complexity index is 925. The smallest absolute Gasteiger partial charge is 0.460 e. The van der Waals surface area contributed by atoms with E-state index in [9.17, 15) is 84.5 Å². The van der Waals surface area contributed by atoms with Crippen molar-refractivity contribution in [3.05, 3.63) is 23.9 Å². The van der Waals surface area contributed by atoms with Crippen LogP contribution in [-0.2, 0) is 4.79 Å². The topological polar surface area (TPSA) is 80.3 Å². The molecule has 1 aromatic heterocycles. The van der Waals surface area contributed by atoms with E-state index < -0.39 is 53.6 Å². The molecular formula is C15H9F17N2O2. The van der Waals surface area contributed by atoms with Crippen LogP contribution in [0.3, 0.4) is 0 Å². The molecule has 0 amide bonds. The van der Waals surface area contributed by atoms with Crippen LogP contribution in [-0.4, -0.2) is 53.6 Å². The van der Waals surface area contributed by atoms with Crippen molar-refractivity contribution in [1.82, 2.24) is 0 Å². The number of pyridine rings is 1. The maximum atomic E-state index is 13.0. The molecule has 0 bridgehead atoms. The van der Waals surface area contributed by atoms with Gasteiger partial charge in [0, 0.05) is 6.07 Å². The van der Waals surface area contributed by atoms with Gasteiger partial charge in [0.15, 0.2) is 0 Å². The van der Waals surface area contributed by atoms with Gasteiger partial charge in [-0.25, -0.2) is 4.98 Å². The van der Waals surface area contributed by atoms with E-state index >= 15 is 0 Å². The molecule has 0 unspecified atom stereocenters. The van der Waals surface area contributed by atoms with Gasteiger partial charge in [0.2, 0.25) is 0 Å². The van der Waals surface area contributed by atoms with Gasteiger partial charge in [-0.1, -0.05) is 6.07 Å². The predicted octanol–water partition coefficient (Wildman–Crippen LogP) is 4.14. The number of hydrogen-bond acceptors (Lipinski definition) is 3. The van der Waals surface area contributed by atoms with Crippen molar-refractivity contribution in [3.63, 3.8) is 0 Å². The number of aliphatic carboxylic acids is 1. The lowest BCUT2D eigenvalue weighted by Gasteiger charge is -2.42. The Labute approximate surface area is 186 Å². The van der Waals surface area contributed by atoms with Gasteiger partial charge in [-0.2, -0.15) is 74.6 Å². The molecule has 1 rings (SSSR count). The molecule has 0 aliphatic rings. The van der Waals surface area contributed by atoms with E-state index in [1.165, 1.54) is 0 Å². The van der Waals surface area contributed by atoms with E-state index in [-0.39, 0.29) is 0 Å². The minimum absolute atomic E-state index is 0.713. The van der Waals surface area contributed by atoms with Gasteiger partial charge in [-0.15, -0.1) is 0 Å². The lowest BCUT2D eigenvalue weighted by atomic mass is 9.89. The molecule has 0 aromatic carbocycles. The number of carbonyl (C=O) groups is 1. The molecular weight excluding hydrogens is 563 g/mol. The molecule has 210 valence electrons. The van der Waals surface area contributed by atoms with Crippen molar-refractivity contribution >= 4 is 11.8 Å². The van der Waals surface area contributed by atoms with Gasteiger partial charge in [0.25, 0.3) is 5.82 Å². The first-order chi connectivity index (χ1) is 15.5. The number of nitrogens with one attached hydrogen (secondary N) is 1. The fourth-order valence-electron chi connectivity index (χ4n) is 1.90. The lowest BCUT2D eigenvalue weighted by molar-refractivity contribution is -0.463. The van der Waals surface area contributed by atoms with E-state index in [0.29, 0.717) is 5.82 Å². The second kappa shape index (κ2) is 9.27. The van der Waals surface area contributed by atoms with E-state index in [1.807, 2.05) is 25.1 Å². The Hall–Kier alpha value is -2.77. The predicted molar refractivity (Wildman–Crippen MR) is 77.8 cm³/mol. The number of carboxylic acid groups (broad SMARTS) is 1. The highest BCUT2D eigenvalue weighted by atomic mass is 19.4. The molecule has 0 fully saturated rings. The Morgan fingerprint density at radius 2 is 1.00 bits per heavy atom. The second-order valence-corrected chi connectivity index (χ2v) is 6.60. The number of carbonyl (C=O) groups excluding carboxylic acids is 1. The van der Waals surface area contributed by atoms with Gasteiger partial charge in [-0.05, 0) is 13.0 Å². The number of carboxylic acids is 1. The van der Waals surface area contributed by atoms with Crippen molar-refractivity contribution in [2.45, 2.75) is 54.6 Å². The molecule has 0 saturated heterocycles. The Balaban J connectivity index is 0.00000128. The molecule has 4 nitrogen and oxygen atoms in total. The van der Waals surface area contributed by atoms with Crippen molar-refractivity contribution in [1.29, 1.82) is 0 Å². The summed E-state index contributed by atoms with van der Waals surface area (Å²) in [4.78, 5) is 12.6. The largest absolute Gasteiger partial charge is 0.544 e. The SMILES string of the molecule is Cc1cccc(N)[nH+]1.O=C([O-])C(F)(F)C(F)(F)C(F)(F)C(F)(F)C(F)(F)C(F)(F)C(F)(F)C(F)(F)F. The molecule has 0 aliphatic carbocycles. The van der Waals surface area contributed by atoms with Crippen LogP contribution in [0.15, 0.2) is 18.2 Å². The number of nitrogen functional groups attached to an aromatic ring is 1. The van der Waals surface area contributed by atoms with Crippen molar-refractivity contribution in [2.24, 2.45) is 0 Å². The molecule has 21 heteroatoms. The summed E-state index contributed by atoms with van der Waals surface area (Å²) in [5, 5.41) is 9.65. The van der Waals surface area contributed by atoms with Gasteiger partial charge < -0.3 is 9.90 Å². The van der Waals surface area contributed by atoms with E-state index in [4.69, 9.17) is 5.73 Å². The Morgan fingerprint density at radius 3 is 1.25 bits per heavy atom. The number of aromatic nitrogens is 1. The quantitative estimate of drug-likeness (QED) is 0.500. The summed E-state index contributed by atoms with van der Waals surface area (Å²) in [5.41, 5.74) is 6.49. The van der Waals surface area contributed by atoms with Crippen molar-refractivity contribution in [2.75, 3.05) is 5.73 Å². The summed E-state index contributed by atoms with van der Waals surface area (Å²) in [6.07, 6.45) is -7.84. The average Bonchev–Trinajstić information content (AvgIpc) is 2.66. The zero-order chi connectivity index (χ0) is 29.6. The number of halogens is 17. The summed E-state index contributed by atoms with van der Waals surface area (Å²) in [5.74, 6) is -62.7. The van der Waals surface area contributed by atoms with Gasteiger partial charge in [0.05, 0.1) is 5.69 Å². The number of aromatic amines is 1. The van der Waals surface area contributed by atoms with E-state index in [1.54, 1.807) is 0 Å². The minimum Gasteiger partial charge on any atom is -0.544 e. The summed E-state index contributed by atoms with van der Waals surface area (Å²) < 4.78 is 214. The van der Waals surface area contributed by atoms with Gasteiger partial charge >= 0.3 is 47.6 Å². The van der Waals surface area contributed by atoms with Crippen LogP contribution in [0, 0.1) is 6.92 Å². The van der Waals surface area contributed by atoms with Crippen molar-refractivity contribution in [3.8, 4) is 0 Å². The molecule has 0 spiro atoms. The fraction of sp³-hybridized carbons (Fsp3) is 0.600. The monoisotopic (exact) mass is 572 g/mol. The average molecular weight is 572 g/mol. The molecule has 1 aromatic rings. The molecule has 0 radical (unpaired) electrons. The van der Waals surface area contributed by atoms with Crippen molar-refractivity contribution < 1.29 is 89.5 Å². The highest BCUT2D eigenvalue weighted by Crippen LogP contribution is 2.63. The standard InChI is InChI=1S/C9HF17O2.C6H8N2/c10-2(11,1(27)28)3(12,13)4(14,15)5(16,17)6(18,19)7(20,21)8(22,23)9(24,25)26;1-5-3-2-4-6(7)8-5/h(H,27,28);2-4H,1H3,(H2,7,8). The first-order valence-corrected chi connectivity index (χ1v) is 8.15. The fourth-order valence-corrected chi connectivity index (χ4v) is 1.90. The normalized spacial score (nSPS) is 14.7. The maximum absolute atomic E-state index is 13.0. The number of alkyl halides is 17. The molecule has 1 heterocycles. The summed E-state index contributed by atoms with van der Waals surface area (Å²) >= 11 is 0. The third-order valence-electron chi connectivity index (χ3n) is 3.94. The van der Waals surface area contributed by atoms with Crippen LogP contribution in [0.5, 0.6) is 0 Å². The summed E-state index contributed by atoms with van der Waals surface area (Å²) in [6, 6.07) is 5.71. The summed E-state index contributed by atoms with van der Waals surface area (Å²) in [6.45, 7) is 1.97. The summed E-state index contributed by atoms with van der Waals surface area (Å²) in [7, 11) is 0. The maximum Gasteiger partial charge on any atom is 0.460 e. The number of aryl methyl sites for hydroxylation is 1. The van der Waals surface area contributed by atoms with Gasteiger partial charge in [-0.3, -0.25) is 5.73 Å². The number of anilines is 1. The Morgan fingerprint density at radius 1 is 0.667 bits per heavy atom. The lowest BCUT2D eigenvalue weighted by Crippen LogP contribution is -2.75. The van der Waals surface area contributed by atoms with Gasteiger partial charge in [0.1, 0.15) is 5.97 Å². The van der Waals surface area contributed by atoms with Crippen LogP contribution in [0.2, 0.25) is 0 Å². The van der Waals surface area contributed by atoms with Crippen LogP contribution < -0.4 is 15.8 Å².